The van der Waals surface area contributed by atoms with Crippen LogP contribution in [-0.2, 0) is 0 Å². The van der Waals surface area contributed by atoms with E-state index in [1.807, 2.05) is 42.5 Å². The Morgan fingerprint density at radius 2 is 1.25 bits per heavy atom. The van der Waals surface area contributed by atoms with E-state index in [9.17, 15) is 0 Å². The molecule has 0 aliphatic heterocycles. The van der Waals surface area contributed by atoms with Crippen molar-refractivity contribution in [3.63, 3.8) is 0 Å². The normalized spacial score (nSPS) is 12.2. The van der Waals surface area contributed by atoms with Crippen LogP contribution in [0, 0.1) is 0 Å². The highest BCUT2D eigenvalue weighted by molar-refractivity contribution is 6.75. The summed E-state index contributed by atoms with van der Waals surface area (Å²) >= 11 is 6.24. The molecule has 0 aliphatic carbocycles. The fourth-order valence-corrected chi connectivity index (χ4v) is 4.90. The van der Waals surface area contributed by atoms with Gasteiger partial charge in [0.2, 0.25) is 0 Å². The summed E-state index contributed by atoms with van der Waals surface area (Å²) in [5.41, 5.74) is 11.8. The van der Waals surface area contributed by atoms with E-state index >= 15 is 0 Å². The van der Waals surface area contributed by atoms with Gasteiger partial charge >= 0.3 is 0 Å². The van der Waals surface area contributed by atoms with E-state index in [0.717, 1.165) is 44.5 Å². The number of hydrogen-bond acceptors (Lipinski definition) is 2. The van der Waals surface area contributed by atoms with Gasteiger partial charge in [-0.3, -0.25) is 0 Å². The van der Waals surface area contributed by atoms with Gasteiger partial charge in [-0.25, -0.2) is 0 Å². The van der Waals surface area contributed by atoms with Gasteiger partial charge in [-0.05, 0) is 41.4 Å². The van der Waals surface area contributed by atoms with Gasteiger partial charge in [0.05, 0.1) is 0 Å². The van der Waals surface area contributed by atoms with Crippen molar-refractivity contribution in [3.8, 4) is 28.0 Å². The maximum Gasteiger partial charge on any atom is 0.250 e. The molecule has 0 radical (unpaired) electrons. The Labute approximate surface area is 197 Å². The summed E-state index contributed by atoms with van der Waals surface area (Å²) in [4.78, 5) is 0. The van der Waals surface area contributed by atoms with Crippen molar-refractivity contribution in [2.45, 2.75) is 38.9 Å². The van der Waals surface area contributed by atoms with E-state index in [2.05, 4.69) is 70.3 Å². The van der Waals surface area contributed by atoms with Crippen LogP contribution in [0.3, 0.4) is 0 Å². The standard InChI is InChI=1S/C28H30ClNOSi/c1-28(2,3)32(4,5)31-27-23-14-10-9-13-22(23)26(30)24(19-11-7-6-8-12-19)25(27)20-15-17-21(29)18-16-20/h6-18H,30H2,1-5H3. The summed E-state index contributed by atoms with van der Waals surface area (Å²) in [6.07, 6.45) is 0. The number of nitrogen functional groups attached to an aromatic ring is 1. The number of benzene rings is 4. The maximum atomic E-state index is 7.06. The lowest BCUT2D eigenvalue weighted by atomic mass is 9.88. The Balaban J connectivity index is 2.15. The molecule has 0 spiro atoms. The van der Waals surface area contributed by atoms with E-state index < -0.39 is 8.32 Å². The molecule has 4 heteroatoms. The molecule has 2 N–H and O–H groups in total. The summed E-state index contributed by atoms with van der Waals surface area (Å²) < 4.78 is 7.06. The van der Waals surface area contributed by atoms with Crippen molar-refractivity contribution >= 4 is 36.4 Å². The highest BCUT2D eigenvalue weighted by atomic mass is 35.5. The van der Waals surface area contributed by atoms with Gasteiger partial charge in [0, 0.05) is 32.6 Å². The Kier molecular flexibility index (Phi) is 5.82. The molecule has 0 fully saturated rings. The molecule has 4 aromatic carbocycles. The second kappa shape index (κ2) is 8.31. The van der Waals surface area contributed by atoms with Crippen molar-refractivity contribution in [2.75, 3.05) is 5.73 Å². The molecule has 164 valence electrons. The minimum atomic E-state index is -2.15. The Morgan fingerprint density at radius 1 is 0.719 bits per heavy atom. The zero-order chi connectivity index (χ0) is 23.1. The number of anilines is 1. The summed E-state index contributed by atoms with van der Waals surface area (Å²) in [5, 5.41) is 2.81. The van der Waals surface area contributed by atoms with Crippen LogP contribution in [0.1, 0.15) is 20.8 Å². The Morgan fingerprint density at radius 3 is 1.84 bits per heavy atom. The maximum absolute atomic E-state index is 7.06. The summed E-state index contributed by atoms with van der Waals surface area (Å²) in [6.45, 7) is 11.4. The number of halogens is 1. The molecule has 0 unspecified atom stereocenters. The molecule has 0 saturated heterocycles. The smallest absolute Gasteiger partial charge is 0.250 e. The molecule has 2 nitrogen and oxygen atoms in total. The fraction of sp³-hybridized carbons (Fsp3) is 0.214. The lowest BCUT2D eigenvalue weighted by Gasteiger charge is -2.38. The van der Waals surface area contributed by atoms with E-state index in [4.69, 9.17) is 21.8 Å². The molecular formula is C28H30ClNOSi. The minimum absolute atomic E-state index is 0.0552. The van der Waals surface area contributed by atoms with E-state index in [1.165, 1.54) is 0 Å². The second-order valence-electron chi connectivity index (χ2n) is 9.77. The van der Waals surface area contributed by atoms with E-state index in [0.29, 0.717) is 5.02 Å². The first kappa shape index (κ1) is 22.4. The molecular weight excluding hydrogens is 430 g/mol. The summed E-state index contributed by atoms with van der Waals surface area (Å²) in [5.74, 6) is 0.905. The van der Waals surface area contributed by atoms with Gasteiger partial charge in [0.25, 0.3) is 8.32 Å². The first-order valence-corrected chi connectivity index (χ1v) is 14.2. The first-order valence-electron chi connectivity index (χ1n) is 10.9. The monoisotopic (exact) mass is 459 g/mol. The van der Waals surface area contributed by atoms with Crippen molar-refractivity contribution in [1.82, 2.24) is 0 Å². The van der Waals surface area contributed by atoms with Gasteiger partial charge in [-0.15, -0.1) is 0 Å². The first-order chi connectivity index (χ1) is 15.1. The number of fused-ring (bicyclic) bond motifs is 1. The van der Waals surface area contributed by atoms with Gasteiger partial charge < -0.3 is 10.2 Å². The molecule has 4 aromatic rings. The van der Waals surface area contributed by atoms with Crippen LogP contribution in [0.4, 0.5) is 5.69 Å². The van der Waals surface area contributed by atoms with E-state index in [-0.39, 0.29) is 5.04 Å². The molecule has 0 amide bonds. The average molecular weight is 460 g/mol. The largest absolute Gasteiger partial charge is 0.543 e. The topological polar surface area (TPSA) is 35.2 Å². The fourth-order valence-electron chi connectivity index (χ4n) is 3.74. The highest BCUT2D eigenvalue weighted by Gasteiger charge is 2.40. The van der Waals surface area contributed by atoms with Crippen molar-refractivity contribution in [3.05, 3.63) is 83.9 Å². The van der Waals surface area contributed by atoms with Gasteiger partial charge in [-0.1, -0.05) is 99.1 Å². The van der Waals surface area contributed by atoms with Gasteiger partial charge in [0.1, 0.15) is 5.75 Å². The highest BCUT2D eigenvalue weighted by Crippen LogP contribution is 2.50. The number of nitrogens with two attached hydrogens (primary N) is 1. The third kappa shape index (κ3) is 4.03. The molecule has 0 aromatic heterocycles. The number of rotatable bonds is 4. The average Bonchev–Trinajstić information content (AvgIpc) is 2.76. The lowest BCUT2D eigenvalue weighted by Crippen LogP contribution is -2.44. The minimum Gasteiger partial charge on any atom is -0.543 e. The zero-order valence-electron chi connectivity index (χ0n) is 19.4. The van der Waals surface area contributed by atoms with Crippen molar-refractivity contribution in [2.24, 2.45) is 0 Å². The third-order valence-corrected chi connectivity index (χ3v) is 11.1. The molecule has 32 heavy (non-hydrogen) atoms. The SMILES string of the molecule is CC(C)(C)[Si](C)(C)Oc1c(-c2ccc(Cl)cc2)c(-c2ccccc2)c(N)c2ccccc12. The van der Waals surface area contributed by atoms with Gasteiger partial charge in [-0.2, -0.15) is 0 Å². The predicted molar refractivity (Wildman–Crippen MR) is 142 cm³/mol. The Hall–Kier alpha value is -2.75. The molecule has 0 aliphatic rings. The van der Waals surface area contributed by atoms with Crippen LogP contribution in [0.25, 0.3) is 33.0 Å². The summed E-state index contributed by atoms with van der Waals surface area (Å²) in [7, 11) is -2.15. The molecule has 0 heterocycles. The van der Waals surface area contributed by atoms with Crippen LogP contribution >= 0.6 is 11.6 Å². The van der Waals surface area contributed by atoms with Gasteiger partial charge in [0.15, 0.2) is 0 Å². The molecule has 0 bridgehead atoms. The molecule has 0 saturated carbocycles. The van der Waals surface area contributed by atoms with Crippen LogP contribution in [0.5, 0.6) is 5.75 Å². The number of hydrogen-bond donors (Lipinski definition) is 1. The zero-order valence-corrected chi connectivity index (χ0v) is 21.1. The van der Waals surface area contributed by atoms with Crippen molar-refractivity contribution < 1.29 is 4.43 Å². The predicted octanol–water partition coefficient (Wildman–Crippen LogP) is 8.79. The van der Waals surface area contributed by atoms with Crippen molar-refractivity contribution in [1.29, 1.82) is 0 Å². The van der Waals surface area contributed by atoms with Crippen LogP contribution < -0.4 is 10.2 Å². The third-order valence-electron chi connectivity index (χ3n) is 6.57. The summed E-state index contributed by atoms with van der Waals surface area (Å²) in [6, 6.07) is 26.6. The van der Waals surface area contributed by atoms with Crippen LogP contribution in [0.2, 0.25) is 23.2 Å². The Bertz CT molecular complexity index is 1260. The second-order valence-corrected chi connectivity index (χ2v) is 14.9. The molecule has 0 atom stereocenters. The quantitative estimate of drug-likeness (QED) is 0.244. The molecule has 4 rings (SSSR count). The lowest BCUT2D eigenvalue weighted by molar-refractivity contribution is 0.498. The van der Waals surface area contributed by atoms with Crippen LogP contribution in [-0.4, -0.2) is 8.32 Å². The van der Waals surface area contributed by atoms with Crippen LogP contribution in [0.15, 0.2) is 78.9 Å². The van der Waals surface area contributed by atoms with E-state index in [1.54, 1.807) is 0 Å².